The zero-order valence-electron chi connectivity index (χ0n) is 13.2. The second kappa shape index (κ2) is 7.12. The molecule has 1 aliphatic rings. The Kier molecular flexibility index (Phi) is 6.32. The van der Waals surface area contributed by atoms with E-state index >= 15 is 0 Å². The number of hydrogen-bond donors (Lipinski definition) is 1. The van der Waals surface area contributed by atoms with Gasteiger partial charge in [0.25, 0.3) is 0 Å². The van der Waals surface area contributed by atoms with E-state index in [0.29, 0.717) is 6.54 Å². The summed E-state index contributed by atoms with van der Waals surface area (Å²) in [7, 11) is 0. The molecule has 0 bridgehead atoms. The minimum absolute atomic E-state index is 0.0720. The third kappa shape index (κ3) is 6.93. The summed E-state index contributed by atoms with van der Waals surface area (Å²) in [6, 6.07) is 0.417. The average molecular weight is 294 g/mol. The summed E-state index contributed by atoms with van der Waals surface area (Å²) in [4.78, 5) is 1.62. The largest absolute Gasteiger partial charge is 0.401 e. The molecule has 0 aliphatic heterocycles. The molecule has 120 valence electrons. The molecule has 0 heterocycles. The van der Waals surface area contributed by atoms with Crippen LogP contribution in [0.1, 0.15) is 53.4 Å². The Morgan fingerprint density at radius 2 is 1.80 bits per heavy atom. The summed E-state index contributed by atoms with van der Waals surface area (Å²) in [5, 5.41) is 3.48. The topological polar surface area (TPSA) is 15.3 Å². The standard InChI is InChI=1S/C15H29F3N2/c1-5-9-19-13(14(2,3)4)8-10-20(12-6-7-12)11-15(16,17)18/h12-13,19H,5-11H2,1-4H3. The lowest BCUT2D eigenvalue weighted by Crippen LogP contribution is -2.45. The van der Waals surface area contributed by atoms with Crippen LogP contribution >= 0.6 is 0 Å². The molecule has 0 amide bonds. The fraction of sp³-hybridized carbons (Fsp3) is 1.00. The van der Waals surface area contributed by atoms with Crippen LogP contribution in [0.5, 0.6) is 0 Å². The van der Waals surface area contributed by atoms with E-state index in [9.17, 15) is 13.2 Å². The van der Waals surface area contributed by atoms with E-state index in [2.05, 4.69) is 33.0 Å². The normalized spacial score (nSPS) is 18.6. The lowest BCUT2D eigenvalue weighted by Gasteiger charge is -2.34. The molecule has 2 nitrogen and oxygen atoms in total. The zero-order valence-corrected chi connectivity index (χ0v) is 13.2. The molecule has 1 rings (SSSR count). The molecule has 0 aromatic heterocycles. The van der Waals surface area contributed by atoms with Crippen molar-refractivity contribution in [3.05, 3.63) is 0 Å². The monoisotopic (exact) mass is 294 g/mol. The number of alkyl halides is 3. The molecule has 1 atom stereocenters. The Morgan fingerprint density at radius 1 is 1.20 bits per heavy atom. The molecule has 1 unspecified atom stereocenters. The van der Waals surface area contributed by atoms with Gasteiger partial charge in [-0.25, -0.2) is 0 Å². The highest BCUT2D eigenvalue weighted by Crippen LogP contribution is 2.31. The molecule has 0 saturated heterocycles. The minimum atomic E-state index is -4.09. The van der Waals surface area contributed by atoms with Crippen molar-refractivity contribution in [2.75, 3.05) is 19.6 Å². The molecule has 1 saturated carbocycles. The van der Waals surface area contributed by atoms with Crippen LogP contribution < -0.4 is 5.32 Å². The number of nitrogens with zero attached hydrogens (tertiary/aromatic N) is 1. The first kappa shape index (κ1) is 17.8. The van der Waals surface area contributed by atoms with Crippen molar-refractivity contribution in [2.45, 2.75) is 71.6 Å². The van der Waals surface area contributed by atoms with E-state index in [1.165, 1.54) is 0 Å². The first-order chi connectivity index (χ1) is 9.13. The smallest absolute Gasteiger partial charge is 0.313 e. The van der Waals surface area contributed by atoms with E-state index in [0.717, 1.165) is 32.2 Å². The van der Waals surface area contributed by atoms with Gasteiger partial charge in [-0.2, -0.15) is 13.2 Å². The summed E-state index contributed by atoms with van der Waals surface area (Å²) in [5.41, 5.74) is 0.0720. The molecule has 0 spiro atoms. The van der Waals surface area contributed by atoms with E-state index in [1.54, 1.807) is 4.90 Å². The molecular weight excluding hydrogens is 265 g/mol. The summed E-state index contributed by atoms with van der Waals surface area (Å²) in [5.74, 6) is 0. The van der Waals surface area contributed by atoms with Crippen LogP contribution in [0.3, 0.4) is 0 Å². The molecule has 1 N–H and O–H groups in total. The third-order valence-corrected chi connectivity index (χ3v) is 3.84. The molecule has 0 radical (unpaired) electrons. The zero-order chi connectivity index (χ0) is 15.4. The van der Waals surface area contributed by atoms with Crippen LogP contribution in [-0.2, 0) is 0 Å². The second-order valence-corrected chi connectivity index (χ2v) is 6.98. The lowest BCUT2D eigenvalue weighted by molar-refractivity contribution is -0.147. The van der Waals surface area contributed by atoms with Gasteiger partial charge < -0.3 is 5.32 Å². The predicted molar refractivity (Wildman–Crippen MR) is 76.8 cm³/mol. The second-order valence-electron chi connectivity index (χ2n) is 6.98. The molecule has 0 aromatic rings. The van der Waals surface area contributed by atoms with Gasteiger partial charge in [-0.15, -0.1) is 0 Å². The molecule has 0 aromatic carbocycles. The minimum Gasteiger partial charge on any atom is -0.313 e. The number of nitrogens with one attached hydrogen (secondary N) is 1. The number of hydrogen-bond acceptors (Lipinski definition) is 2. The highest BCUT2D eigenvalue weighted by atomic mass is 19.4. The molecule has 5 heteroatoms. The Morgan fingerprint density at radius 3 is 2.20 bits per heavy atom. The Labute approximate surface area is 121 Å². The predicted octanol–water partition coefficient (Wildman–Crippen LogP) is 3.82. The van der Waals surface area contributed by atoms with Crippen molar-refractivity contribution >= 4 is 0 Å². The maximum Gasteiger partial charge on any atom is 0.401 e. The first-order valence-electron chi connectivity index (χ1n) is 7.67. The van der Waals surface area contributed by atoms with Crippen molar-refractivity contribution in [3.8, 4) is 0 Å². The lowest BCUT2D eigenvalue weighted by atomic mass is 9.84. The van der Waals surface area contributed by atoms with Crippen LogP contribution in [0.25, 0.3) is 0 Å². The van der Waals surface area contributed by atoms with Gasteiger partial charge >= 0.3 is 6.18 Å². The third-order valence-electron chi connectivity index (χ3n) is 3.84. The number of halogens is 3. The highest BCUT2D eigenvalue weighted by molar-refractivity contribution is 4.88. The van der Waals surface area contributed by atoms with Crippen molar-refractivity contribution < 1.29 is 13.2 Å². The fourth-order valence-electron chi connectivity index (χ4n) is 2.52. The van der Waals surface area contributed by atoms with Gasteiger partial charge in [0.15, 0.2) is 0 Å². The summed E-state index contributed by atoms with van der Waals surface area (Å²) < 4.78 is 37.8. The van der Waals surface area contributed by atoms with Crippen molar-refractivity contribution in [2.24, 2.45) is 5.41 Å². The Balaban J connectivity index is 2.50. The highest BCUT2D eigenvalue weighted by Gasteiger charge is 2.38. The Bertz CT molecular complexity index is 280. The van der Waals surface area contributed by atoms with Crippen LogP contribution in [0, 0.1) is 5.41 Å². The van der Waals surface area contributed by atoms with Gasteiger partial charge in [0.2, 0.25) is 0 Å². The SMILES string of the molecule is CCCNC(CCN(CC(F)(F)F)C1CC1)C(C)(C)C. The van der Waals surface area contributed by atoms with Gasteiger partial charge in [0.1, 0.15) is 0 Å². The quantitative estimate of drug-likeness (QED) is 0.732. The van der Waals surface area contributed by atoms with E-state index < -0.39 is 12.7 Å². The van der Waals surface area contributed by atoms with E-state index in [4.69, 9.17) is 0 Å². The summed E-state index contributed by atoms with van der Waals surface area (Å²) >= 11 is 0. The Hall–Kier alpha value is -0.290. The maximum absolute atomic E-state index is 12.6. The van der Waals surface area contributed by atoms with Gasteiger partial charge in [-0.05, 0) is 37.6 Å². The van der Waals surface area contributed by atoms with Crippen LogP contribution in [-0.4, -0.2) is 42.8 Å². The number of rotatable bonds is 8. The van der Waals surface area contributed by atoms with Crippen molar-refractivity contribution in [3.63, 3.8) is 0 Å². The van der Waals surface area contributed by atoms with Gasteiger partial charge in [0, 0.05) is 18.6 Å². The first-order valence-corrected chi connectivity index (χ1v) is 7.67. The molecule has 1 aliphatic carbocycles. The fourth-order valence-corrected chi connectivity index (χ4v) is 2.52. The van der Waals surface area contributed by atoms with Crippen molar-refractivity contribution in [1.29, 1.82) is 0 Å². The van der Waals surface area contributed by atoms with Crippen LogP contribution in [0.2, 0.25) is 0 Å². The molecule has 1 fully saturated rings. The maximum atomic E-state index is 12.6. The molecular formula is C15H29F3N2. The summed E-state index contributed by atoms with van der Waals surface area (Å²) in [6.07, 6.45) is -0.439. The average Bonchev–Trinajstić information content (AvgIpc) is 3.07. The van der Waals surface area contributed by atoms with E-state index in [-0.39, 0.29) is 17.5 Å². The van der Waals surface area contributed by atoms with Crippen LogP contribution in [0.4, 0.5) is 13.2 Å². The van der Waals surface area contributed by atoms with Gasteiger partial charge in [-0.1, -0.05) is 27.7 Å². The van der Waals surface area contributed by atoms with Gasteiger partial charge in [0.05, 0.1) is 6.54 Å². The summed E-state index contributed by atoms with van der Waals surface area (Å²) in [6.45, 7) is 9.23. The molecule has 20 heavy (non-hydrogen) atoms. The van der Waals surface area contributed by atoms with Gasteiger partial charge in [-0.3, -0.25) is 4.90 Å². The van der Waals surface area contributed by atoms with Crippen molar-refractivity contribution in [1.82, 2.24) is 10.2 Å². The van der Waals surface area contributed by atoms with E-state index in [1.807, 2.05) is 0 Å². The van der Waals surface area contributed by atoms with Crippen LogP contribution in [0.15, 0.2) is 0 Å².